The van der Waals surface area contributed by atoms with Crippen molar-refractivity contribution in [2.45, 2.75) is 36.8 Å². The van der Waals surface area contributed by atoms with E-state index in [1.54, 1.807) is 24.3 Å². The third kappa shape index (κ3) is 6.26. The first-order chi connectivity index (χ1) is 20.1. The SMILES string of the molecule is O=C(C=Cc1ccc(O)cc1)OCC1OC(OC2=Cc3c(O)cc(O)cc3OC2c2ccc(O)cc2)C(O)C(O)C1O. The quantitative estimate of drug-likeness (QED) is 0.159. The van der Waals surface area contributed by atoms with Gasteiger partial charge in [0, 0.05) is 23.8 Å². The summed E-state index contributed by atoms with van der Waals surface area (Å²) in [7, 11) is 0. The molecule has 0 radical (unpaired) electrons. The normalized spacial score (nSPS) is 25.3. The number of hydrogen-bond acceptors (Lipinski definition) is 12. The zero-order chi connectivity index (χ0) is 30.0. The standard InChI is InChI=1S/C30H28O12/c31-17-6-1-15(2-7-17)3-10-25(35)39-14-24-26(36)27(37)28(38)30(42-24)41-23-13-20-21(34)11-19(33)12-22(20)40-29(23)16-4-8-18(32)9-5-16/h1-13,24,26-34,36-38H,14H2. The maximum Gasteiger partial charge on any atom is 0.330 e. The van der Waals surface area contributed by atoms with Crippen LogP contribution in [0, 0.1) is 0 Å². The van der Waals surface area contributed by atoms with Gasteiger partial charge in [0.1, 0.15) is 65.5 Å². The summed E-state index contributed by atoms with van der Waals surface area (Å²) in [5.74, 6) is -1.12. The van der Waals surface area contributed by atoms with Gasteiger partial charge in [-0.25, -0.2) is 4.79 Å². The van der Waals surface area contributed by atoms with E-state index in [9.17, 15) is 40.5 Å². The highest BCUT2D eigenvalue weighted by Gasteiger charge is 2.46. The zero-order valence-electron chi connectivity index (χ0n) is 21.8. The summed E-state index contributed by atoms with van der Waals surface area (Å²) < 4.78 is 22.8. The van der Waals surface area contributed by atoms with Crippen molar-refractivity contribution in [3.8, 4) is 28.7 Å². The minimum atomic E-state index is -1.74. The van der Waals surface area contributed by atoms with Crippen LogP contribution in [0.5, 0.6) is 28.7 Å². The molecule has 42 heavy (non-hydrogen) atoms. The lowest BCUT2D eigenvalue weighted by atomic mass is 9.98. The van der Waals surface area contributed by atoms with Gasteiger partial charge in [-0.3, -0.25) is 0 Å². The van der Waals surface area contributed by atoms with Crippen molar-refractivity contribution in [3.63, 3.8) is 0 Å². The molecule has 0 saturated carbocycles. The van der Waals surface area contributed by atoms with Crippen molar-refractivity contribution in [2.24, 2.45) is 0 Å². The number of aliphatic hydroxyl groups is 3. The summed E-state index contributed by atoms with van der Waals surface area (Å²) in [4.78, 5) is 12.2. The fourth-order valence-corrected chi connectivity index (χ4v) is 4.47. The van der Waals surface area contributed by atoms with Crippen molar-refractivity contribution >= 4 is 18.1 Å². The summed E-state index contributed by atoms with van der Waals surface area (Å²) in [6, 6.07) is 14.4. The summed E-state index contributed by atoms with van der Waals surface area (Å²) in [5, 5.41) is 71.0. The van der Waals surface area contributed by atoms with E-state index in [4.69, 9.17) is 18.9 Å². The molecule has 3 aromatic rings. The number of aliphatic hydroxyl groups excluding tert-OH is 3. The number of benzene rings is 3. The van der Waals surface area contributed by atoms with Crippen LogP contribution in [0.2, 0.25) is 0 Å². The van der Waals surface area contributed by atoms with Crippen molar-refractivity contribution in [3.05, 3.63) is 89.2 Å². The van der Waals surface area contributed by atoms with Gasteiger partial charge in [-0.2, -0.15) is 0 Å². The molecule has 0 amide bonds. The van der Waals surface area contributed by atoms with Crippen molar-refractivity contribution in [1.29, 1.82) is 0 Å². The number of hydrogen-bond donors (Lipinski definition) is 7. The summed E-state index contributed by atoms with van der Waals surface area (Å²) in [6.07, 6.45) is -4.99. The van der Waals surface area contributed by atoms with Crippen LogP contribution in [0.15, 0.2) is 72.5 Å². The first-order valence-electron chi connectivity index (χ1n) is 12.8. The van der Waals surface area contributed by atoms with E-state index in [2.05, 4.69) is 0 Å². The molecule has 0 aliphatic carbocycles. The Hall–Kier alpha value is -4.75. The number of esters is 1. The van der Waals surface area contributed by atoms with E-state index in [1.165, 1.54) is 42.5 Å². The number of carbonyl (C=O) groups is 1. The minimum Gasteiger partial charge on any atom is -0.508 e. The molecule has 0 spiro atoms. The van der Waals surface area contributed by atoms with E-state index >= 15 is 0 Å². The van der Waals surface area contributed by atoms with Crippen molar-refractivity contribution in [1.82, 2.24) is 0 Å². The summed E-state index contributed by atoms with van der Waals surface area (Å²) >= 11 is 0. The molecule has 6 unspecified atom stereocenters. The molecule has 5 rings (SSSR count). The van der Waals surface area contributed by atoms with Crippen LogP contribution in [-0.4, -0.2) is 79.0 Å². The fourth-order valence-electron chi connectivity index (χ4n) is 4.47. The van der Waals surface area contributed by atoms with Gasteiger partial charge >= 0.3 is 5.97 Å². The monoisotopic (exact) mass is 580 g/mol. The predicted octanol–water partition coefficient (Wildman–Crippen LogP) is 2.06. The molecule has 2 aliphatic heterocycles. The maximum atomic E-state index is 12.2. The molecule has 7 N–H and O–H groups in total. The van der Waals surface area contributed by atoms with Crippen LogP contribution < -0.4 is 4.74 Å². The molecular weight excluding hydrogens is 552 g/mol. The Balaban J connectivity index is 1.34. The van der Waals surface area contributed by atoms with E-state index in [0.29, 0.717) is 11.1 Å². The van der Waals surface area contributed by atoms with E-state index < -0.39 is 49.4 Å². The third-order valence-electron chi connectivity index (χ3n) is 6.71. The van der Waals surface area contributed by atoms with Crippen LogP contribution in [0.1, 0.15) is 22.8 Å². The Morgan fingerprint density at radius 1 is 0.833 bits per heavy atom. The smallest absolute Gasteiger partial charge is 0.330 e. The first kappa shape index (κ1) is 28.8. The van der Waals surface area contributed by atoms with Crippen molar-refractivity contribution < 1.29 is 59.5 Å². The molecule has 2 heterocycles. The molecule has 12 nitrogen and oxygen atoms in total. The van der Waals surface area contributed by atoms with E-state index in [0.717, 1.165) is 12.1 Å². The maximum absolute atomic E-state index is 12.2. The largest absolute Gasteiger partial charge is 0.508 e. The highest BCUT2D eigenvalue weighted by molar-refractivity contribution is 5.87. The lowest BCUT2D eigenvalue weighted by Gasteiger charge is -2.41. The lowest BCUT2D eigenvalue weighted by molar-refractivity contribution is -0.294. The highest BCUT2D eigenvalue weighted by Crippen LogP contribution is 2.44. The van der Waals surface area contributed by atoms with Crippen LogP contribution in [-0.2, 0) is 19.0 Å². The molecule has 12 heteroatoms. The van der Waals surface area contributed by atoms with Gasteiger partial charge in [0.05, 0.1) is 5.56 Å². The number of ether oxygens (including phenoxy) is 4. The average molecular weight is 581 g/mol. The second kappa shape index (κ2) is 12.0. The second-order valence-electron chi connectivity index (χ2n) is 9.70. The number of aromatic hydroxyl groups is 4. The topological polar surface area (TPSA) is 196 Å². The molecule has 1 fully saturated rings. The first-order valence-corrected chi connectivity index (χ1v) is 12.8. The number of phenolic OH excluding ortho intramolecular Hbond substituents is 4. The molecule has 6 atom stereocenters. The number of rotatable bonds is 7. The van der Waals surface area contributed by atoms with Gasteiger partial charge in [-0.05, 0) is 42.0 Å². The van der Waals surface area contributed by atoms with Crippen LogP contribution in [0.25, 0.3) is 12.2 Å². The van der Waals surface area contributed by atoms with Gasteiger partial charge in [0.2, 0.25) is 6.29 Å². The molecule has 220 valence electrons. The molecule has 0 bridgehead atoms. The van der Waals surface area contributed by atoms with Crippen LogP contribution >= 0.6 is 0 Å². The summed E-state index contributed by atoms with van der Waals surface area (Å²) in [6.45, 7) is -0.497. The van der Waals surface area contributed by atoms with Gasteiger partial charge in [-0.1, -0.05) is 24.3 Å². The number of fused-ring (bicyclic) bond motifs is 1. The third-order valence-corrected chi connectivity index (χ3v) is 6.71. The second-order valence-corrected chi connectivity index (χ2v) is 9.70. The molecule has 0 aromatic heterocycles. The van der Waals surface area contributed by atoms with Crippen LogP contribution in [0.3, 0.4) is 0 Å². The highest BCUT2D eigenvalue weighted by atomic mass is 16.7. The Kier molecular flexibility index (Phi) is 8.22. The fraction of sp³-hybridized carbons (Fsp3) is 0.233. The van der Waals surface area contributed by atoms with Crippen LogP contribution in [0.4, 0.5) is 0 Å². The number of carbonyl (C=O) groups excluding carboxylic acids is 1. The van der Waals surface area contributed by atoms with Crippen molar-refractivity contribution in [2.75, 3.05) is 6.61 Å². The minimum absolute atomic E-state index is 0.00450. The zero-order valence-corrected chi connectivity index (χ0v) is 21.8. The molecule has 3 aromatic carbocycles. The predicted molar refractivity (Wildman–Crippen MR) is 145 cm³/mol. The van der Waals surface area contributed by atoms with Gasteiger partial charge in [-0.15, -0.1) is 0 Å². The average Bonchev–Trinajstić information content (AvgIpc) is 2.97. The summed E-state index contributed by atoms with van der Waals surface area (Å²) in [5.41, 5.74) is 1.28. The number of phenols is 4. The Morgan fingerprint density at radius 3 is 2.19 bits per heavy atom. The molecule has 1 saturated heterocycles. The Morgan fingerprint density at radius 2 is 1.50 bits per heavy atom. The van der Waals surface area contributed by atoms with E-state index in [-0.39, 0.29) is 40.1 Å². The van der Waals surface area contributed by atoms with Gasteiger partial charge < -0.3 is 54.7 Å². The van der Waals surface area contributed by atoms with Gasteiger partial charge in [0.25, 0.3) is 0 Å². The van der Waals surface area contributed by atoms with E-state index in [1.807, 2.05) is 0 Å². The Bertz CT molecular complexity index is 1480. The molecular formula is C30H28O12. The molecule has 2 aliphatic rings. The lowest BCUT2D eigenvalue weighted by Crippen LogP contribution is -2.59. The Labute approximate surface area is 239 Å². The van der Waals surface area contributed by atoms with Gasteiger partial charge in [0.15, 0.2) is 6.10 Å².